The van der Waals surface area contributed by atoms with Gasteiger partial charge >= 0.3 is 0 Å². The van der Waals surface area contributed by atoms with Crippen LogP contribution in [0.3, 0.4) is 0 Å². The Bertz CT molecular complexity index is 1120. The zero-order valence-electron chi connectivity index (χ0n) is 16.1. The van der Waals surface area contributed by atoms with Gasteiger partial charge in [-0.25, -0.2) is 19.2 Å². The fourth-order valence-corrected chi connectivity index (χ4v) is 2.46. The van der Waals surface area contributed by atoms with Crippen LogP contribution in [0.15, 0.2) is 92.8 Å². The van der Waals surface area contributed by atoms with Crippen LogP contribution in [-0.4, -0.2) is 24.3 Å². The Labute approximate surface area is 177 Å². The van der Waals surface area contributed by atoms with Crippen molar-refractivity contribution in [1.29, 1.82) is 0 Å². The van der Waals surface area contributed by atoms with Crippen molar-refractivity contribution in [3.05, 3.63) is 83.9 Å². The quantitative estimate of drug-likeness (QED) is 0.427. The summed E-state index contributed by atoms with van der Waals surface area (Å²) in [6, 6.07) is 21.0. The van der Waals surface area contributed by atoms with Crippen molar-refractivity contribution in [1.82, 2.24) is 0 Å². The molecule has 8 nitrogen and oxygen atoms in total. The van der Waals surface area contributed by atoms with Crippen molar-refractivity contribution in [2.75, 3.05) is 0 Å². The molecule has 0 amide bonds. The Hall–Kier alpha value is -4.82. The summed E-state index contributed by atoms with van der Waals surface area (Å²) in [6.45, 7) is 0. The van der Waals surface area contributed by atoms with Crippen molar-refractivity contribution < 1.29 is 19.2 Å². The first kappa shape index (κ1) is 22.5. The van der Waals surface area contributed by atoms with Gasteiger partial charge in [-0.2, -0.15) is 20.0 Å². The van der Waals surface area contributed by atoms with Gasteiger partial charge in [0.2, 0.25) is 24.3 Å². The molecular weight excluding hydrogens is 396 g/mol. The number of benzene rings is 3. The minimum absolute atomic E-state index is 0.418. The fraction of sp³-hybridized carbons (Fsp3) is 0.0435. The van der Waals surface area contributed by atoms with E-state index in [2.05, 4.69) is 20.0 Å². The molecule has 0 aliphatic heterocycles. The lowest BCUT2D eigenvalue weighted by Gasteiger charge is -2.02. The van der Waals surface area contributed by atoms with E-state index < -0.39 is 0 Å². The molecule has 0 spiro atoms. The minimum atomic E-state index is 0.418. The van der Waals surface area contributed by atoms with Gasteiger partial charge in [0, 0.05) is 0 Å². The zero-order chi connectivity index (χ0) is 22.3. The molecule has 8 heteroatoms. The largest absolute Gasteiger partial charge is 0.240 e. The molecule has 0 aliphatic rings. The van der Waals surface area contributed by atoms with E-state index in [0.717, 1.165) is 17.5 Å². The van der Waals surface area contributed by atoms with E-state index in [1.165, 1.54) is 30.4 Å². The van der Waals surface area contributed by atoms with E-state index in [-0.39, 0.29) is 0 Å². The van der Waals surface area contributed by atoms with Crippen LogP contribution in [0.2, 0.25) is 0 Å². The molecule has 0 aromatic heterocycles. The van der Waals surface area contributed by atoms with Crippen LogP contribution in [0.5, 0.6) is 0 Å². The van der Waals surface area contributed by atoms with Gasteiger partial charge < -0.3 is 0 Å². The number of hydrogen-bond donors (Lipinski definition) is 0. The predicted octanol–water partition coefficient (Wildman–Crippen LogP) is 4.83. The first-order valence-electron chi connectivity index (χ1n) is 8.78. The van der Waals surface area contributed by atoms with Gasteiger partial charge in [0.1, 0.15) is 0 Å². The molecule has 0 atom stereocenters. The zero-order valence-corrected chi connectivity index (χ0v) is 16.1. The van der Waals surface area contributed by atoms with Crippen LogP contribution >= 0.6 is 0 Å². The third kappa shape index (κ3) is 7.98. The van der Waals surface area contributed by atoms with Crippen molar-refractivity contribution in [3.8, 4) is 0 Å². The summed E-state index contributed by atoms with van der Waals surface area (Å²) < 4.78 is 0. The van der Waals surface area contributed by atoms with Gasteiger partial charge in [-0.15, -0.1) is 0 Å². The topological polar surface area (TPSA) is 118 Å². The molecule has 0 aliphatic carbocycles. The molecule has 150 valence electrons. The second-order valence-corrected chi connectivity index (χ2v) is 5.84. The summed E-state index contributed by atoms with van der Waals surface area (Å²) in [5.41, 5.74) is 4.24. The van der Waals surface area contributed by atoms with E-state index in [0.29, 0.717) is 22.7 Å². The summed E-state index contributed by atoms with van der Waals surface area (Å²) >= 11 is 0. The smallest absolute Gasteiger partial charge is 0.211 e. The van der Waals surface area contributed by atoms with Crippen LogP contribution in [0.1, 0.15) is 11.1 Å². The number of isocyanates is 4. The highest BCUT2D eigenvalue weighted by molar-refractivity contribution is 5.58. The molecule has 3 aromatic rings. The molecule has 0 fully saturated rings. The van der Waals surface area contributed by atoms with E-state index in [1.807, 2.05) is 24.3 Å². The van der Waals surface area contributed by atoms with Gasteiger partial charge in [0.05, 0.1) is 22.7 Å². The average molecular weight is 410 g/mol. The van der Waals surface area contributed by atoms with Gasteiger partial charge in [0.15, 0.2) is 0 Å². The number of rotatable bonds is 6. The number of hydrogen-bond acceptors (Lipinski definition) is 8. The van der Waals surface area contributed by atoms with Crippen molar-refractivity contribution in [2.24, 2.45) is 20.0 Å². The molecule has 0 radical (unpaired) electrons. The molecule has 31 heavy (non-hydrogen) atoms. The van der Waals surface area contributed by atoms with Gasteiger partial charge in [-0.3, -0.25) is 0 Å². The molecule has 0 N–H and O–H groups in total. The minimum Gasteiger partial charge on any atom is -0.211 e. The fourth-order valence-electron chi connectivity index (χ4n) is 2.46. The standard InChI is InChI=1S/C15H10N2O2.C8H4N2O2/c18-10-16-14-5-1-12(2-6-14)9-13-3-7-15(8-4-13)17-11-19;11-5-9-7-2-1-3-8(4-7)10-6-12/h1-8H,9H2;1-4H. The second kappa shape index (κ2) is 12.6. The average Bonchev–Trinajstić information content (AvgIpc) is 2.78. The highest BCUT2D eigenvalue weighted by atomic mass is 16.1. The first-order valence-corrected chi connectivity index (χ1v) is 8.78. The van der Waals surface area contributed by atoms with E-state index >= 15 is 0 Å². The highest BCUT2D eigenvalue weighted by Crippen LogP contribution is 2.19. The van der Waals surface area contributed by atoms with Gasteiger partial charge in [0.25, 0.3) is 0 Å². The summed E-state index contributed by atoms with van der Waals surface area (Å²) in [5, 5.41) is 0. The first-order chi connectivity index (χ1) is 15.2. The van der Waals surface area contributed by atoms with E-state index in [9.17, 15) is 19.2 Å². The normalized spacial score (nSPS) is 8.77. The number of nitrogens with zero attached hydrogens (tertiary/aromatic N) is 4. The van der Waals surface area contributed by atoms with Crippen LogP contribution in [-0.2, 0) is 25.6 Å². The molecule has 0 saturated heterocycles. The van der Waals surface area contributed by atoms with Crippen LogP contribution in [0.25, 0.3) is 0 Å². The Morgan fingerprint density at radius 3 is 1.19 bits per heavy atom. The predicted molar refractivity (Wildman–Crippen MR) is 113 cm³/mol. The molecule has 0 unspecified atom stereocenters. The van der Waals surface area contributed by atoms with Crippen molar-refractivity contribution in [3.63, 3.8) is 0 Å². The maximum absolute atomic E-state index is 10.1. The lowest BCUT2D eigenvalue weighted by molar-refractivity contribution is 0.564. The van der Waals surface area contributed by atoms with E-state index in [4.69, 9.17) is 0 Å². The lowest BCUT2D eigenvalue weighted by atomic mass is 10.0. The van der Waals surface area contributed by atoms with E-state index in [1.54, 1.807) is 42.5 Å². The molecule has 0 saturated carbocycles. The van der Waals surface area contributed by atoms with Crippen LogP contribution < -0.4 is 0 Å². The monoisotopic (exact) mass is 410 g/mol. The third-order valence-corrected chi connectivity index (χ3v) is 3.81. The Kier molecular flexibility index (Phi) is 9.13. The lowest BCUT2D eigenvalue weighted by Crippen LogP contribution is -1.86. The second-order valence-electron chi connectivity index (χ2n) is 5.84. The highest BCUT2D eigenvalue weighted by Gasteiger charge is 1.98. The number of carbonyl (C=O) groups excluding carboxylic acids is 4. The summed E-state index contributed by atoms with van der Waals surface area (Å²) in [7, 11) is 0. The van der Waals surface area contributed by atoms with Gasteiger partial charge in [-0.05, 0) is 60.0 Å². The number of aliphatic imine (C=N–C) groups is 4. The molecule has 0 bridgehead atoms. The van der Waals surface area contributed by atoms with Crippen LogP contribution in [0, 0.1) is 0 Å². The molecular formula is C23H14N4O4. The Morgan fingerprint density at radius 1 is 0.484 bits per heavy atom. The SMILES string of the molecule is O=C=Nc1ccc(Cc2ccc(N=C=O)cc2)cc1.O=C=Nc1cccc(N=C=O)c1. The summed E-state index contributed by atoms with van der Waals surface area (Å²) in [5.74, 6) is 0. The van der Waals surface area contributed by atoms with Crippen molar-refractivity contribution >= 4 is 47.1 Å². The summed E-state index contributed by atoms with van der Waals surface area (Å²) in [4.78, 5) is 53.7. The maximum atomic E-state index is 10.1. The third-order valence-electron chi connectivity index (χ3n) is 3.81. The van der Waals surface area contributed by atoms with Crippen LogP contribution in [0.4, 0.5) is 22.7 Å². The summed E-state index contributed by atoms with van der Waals surface area (Å²) in [6.07, 6.45) is 6.55. The van der Waals surface area contributed by atoms with Gasteiger partial charge in [-0.1, -0.05) is 30.3 Å². The Balaban J connectivity index is 0.000000245. The Morgan fingerprint density at radius 2 is 0.839 bits per heavy atom. The maximum Gasteiger partial charge on any atom is 0.240 e. The molecule has 3 aromatic carbocycles. The molecule has 3 rings (SSSR count). The van der Waals surface area contributed by atoms with Crippen molar-refractivity contribution in [2.45, 2.75) is 6.42 Å². The molecule has 0 heterocycles.